The number of carboxylic acid groups (broad SMARTS) is 1. The number of hydrogen-bond donors (Lipinski definition) is 1. The standard InChI is InChI=1S/C37H37FN6O4/c1-19-24-9-8-12-47-32(24)27(38)15-25(19)31-26-16-29(43(6)35(26)42-20(2)30(31)33(36(45)46)48-37(3,4)5)21-10-11-39-28(14-21)22-13-23-18-41-44(7)34(23)40-17-22/h10-11,13-18,33H,8-9,12H2,1-7H3,(H,45,46)/t33-/m0/s1. The first-order valence-corrected chi connectivity index (χ1v) is 15.9. The first kappa shape index (κ1) is 31.4. The largest absolute Gasteiger partial charge is 0.490 e. The highest BCUT2D eigenvalue weighted by molar-refractivity contribution is 6.01. The van der Waals surface area contributed by atoms with E-state index in [0.717, 1.165) is 51.1 Å². The number of rotatable bonds is 6. The van der Waals surface area contributed by atoms with Gasteiger partial charge < -0.3 is 19.1 Å². The van der Waals surface area contributed by atoms with Crippen molar-refractivity contribution in [3.63, 3.8) is 0 Å². The molecule has 0 saturated heterocycles. The monoisotopic (exact) mass is 648 g/mol. The lowest BCUT2D eigenvalue weighted by Crippen LogP contribution is -2.28. The summed E-state index contributed by atoms with van der Waals surface area (Å²) in [4.78, 5) is 27.1. The van der Waals surface area contributed by atoms with Crippen LogP contribution in [0.25, 0.3) is 55.7 Å². The van der Waals surface area contributed by atoms with Gasteiger partial charge in [-0.15, -0.1) is 0 Å². The molecule has 0 amide bonds. The Morgan fingerprint density at radius 2 is 1.85 bits per heavy atom. The molecule has 1 aromatic carbocycles. The normalized spacial score (nSPS) is 13.9. The second-order valence-corrected chi connectivity index (χ2v) is 13.4. The number of ether oxygens (including phenoxy) is 2. The minimum Gasteiger partial charge on any atom is -0.490 e. The van der Waals surface area contributed by atoms with Crippen molar-refractivity contribution in [3.05, 3.63) is 77.1 Å². The summed E-state index contributed by atoms with van der Waals surface area (Å²) in [6, 6.07) is 9.38. The van der Waals surface area contributed by atoms with Crippen molar-refractivity contribution in [1.82, 2.24) is 29.3 Å². The highest BCUT2D eigenvalue weighted by atomic mass is 19.1. The molecule has 11 heteroatoms. The fourth-order valence-electron chi connectivity index (χ4n) is 6.78. The van der Waals surface area contributed by atoms with Gasteiger partial charge in [-0.1, -0.05) is 0 Å². The molecule has 10 nitrogen and oxygen atoms in total. The van der Waals surface area contributed by atoms with Crippen LogP contribution >= 0.6 is 0 Å². The average Bonchev–Trinajstić information content (AvgIpc) is 3.59. The SMILES string of the molecule is Cc1nc2c(cc(-c3ccnc(-c4cnc5c(cnn5C)c4)c3)n2C)c(-c2cc(F)c3c(c2C)CCCO3)c1[C@H](OC(C)(C)C)C(=O)O. The number of hydrogen-bond acceptors (Lipinski definition) is 7. The van der Waals surface area contributed by atoms with Crippen molar-refractivity contribution in [1.29, 1.82) is 0 Å². The number of benzene rings is 1. The predicted octanol–water partition coefficient (Wildman–Crippen LogP) is 7.27. The Kier molecular flexibility index (Phi) is 7.54. The number of aryl methyl sites for hydroxylation is 3. The molecule has 1 aliphatic heterocycles. The molecule has 7 rings (SSSR count). The van der Waals surface area contributed by atoms with Gasteiger partial charge in [0.25, 0.3) is 0 Å². The van der Waals surface area contributed by atoms with Crippen LogP contribution in [-0.4, -0.2) is 52.6 Å². The van der Waals surface area contributed by atoms with Gasteiger partial charge in [-0.05, 0) is 88.9 Å². The molecule has 0 unspecified atom stereocenters. The zero-order valence-electron chi connectivity index (χ0n) is 28.1. The summed E-state index contributed by atoms with van der Waals surface area (Å²) in [5.74, 6) is -1.36. The Hall–Kier alpha value is -5.16. The van der Waals surface area contributed by atoms with E-state index in [1.807, 2.05) is 70.6 Å². The van der Waals surface area contributed by atoms with Crippen LogP contribution < -0.4 is 4.74 Å². The van der Waals surface area contributed by atoms with Crippen LogP contribution in [0.1, 0.15) is 55.7 Å². The summed E-state index contributed by atoms with van der Waals surface area (Å²) in [5, 5.41) is 16.4. The van der Waals surface area contributed by atoms with Crippen LogP contribution in [0.4, 0.5) is 4.39 Å². The summed E-state index contributed by atoms with van der Waals surface area (Å²) in [6.45, 7) is 9.62. The molecule has 0 aliphatic carbocycles. The molecule has 1 aliphatic rings. The number of carbonyl (C=O) groups is 1. The van der Waals surface area contributed by atoms with E-state index in [1.165, 1.54) is 6.07 Å². The fourth-order valence-corrected chi connectivity index (χ4v) is 6.78. The van der Waals surface area contributed by atoms with Gasteiger partial charge >= 0.3 is 5.97 Å². The maximum absolute atomic E-state index is 15.8. The third-order valence-electron chi connectivity index (χ3n) is 8.99. The van der Waals surface area contributed by atoms with Gasteiger partial charge in [-0.25, -0.2) is 19.2 Å². The molecule has 6 aromatic rings. The van der Waals surface area contributed by atoms with E-state index in [0.29, 0.717) is 46.4 Å². The number of nitrogens with zero attached hydrogens (tertiary/aromatic N) is 6. The molecule has 246 valence electrons. The van der Waals surface area contributed by atoms with Crippen LogP contribution in [0.2, 0.25) is 0 Å². The molecule has 48 heavy (non-hydrogen) atoms. The topological polar surface area (TPSA) is 117 Å². The van der Waals surface area contributed by atoms with Crippen molar-refractivity contribution < 1.29 is 23.8 Å². The van der Waals surface area contributed by atoms with Crippen molar-refractivity contribution in [3.8, 4) is 39.4 Å². The molecular weight excluding hydrogens is 611 g/mol. The number of aliphatic carboxylic acids is 1. The lowest BCUT2D eigenvalue weighted by atomic mass is 9.86. The Balaban J connectivity index is 1.48. The van der Waals surface area contributed by atoms with Gasteiger partial charge in [0, 0.05) is 70.8 Å². The lowest BCUT2D eigenvalue weighted by molar-refractivity contribution is -0.160. The van der Waals surface area contributed by atoms with Crippen molar-refractivity contribution in [2.75, 3.05) is 6.61 Å². The summed E-state index contributed by atoms with van der Waals surface area (Å²) in [7, 11) is 3.77. The van der Waals surface area contributed by atoms with Crippen LogP contribution in [0.5, 0.6) is 5.75 Å². The molecule has 0 spiro atoms. The second kappa shape index (κ2) is 11.5. The Morgan fingerprint density at radius 3 is 2.60 bits per heavy atom. The first-order valence-electron chi connectivity index (χ1n) is 15.9. The Labute approximate surface area is 277 Å². The minimum atomic E-state index is -1.35. The van der Waals surface area contributed by atoms with E-state index in [4.69, 9.17) is 14.5 Å². The number of aromatic nitrogens is 6. The molecule has 1 N–H and O–H groups in total. The molecule has 0 fully saturated rings. The lowest BCUT2D eigenvalue weighted by Gasteiger charge is -2.29. The maximum atomic E-state index is 15.8. The summed E-state index contributed by atoms with van der Waals surface area (Å²) < 4.78 is 31.4. The van der Waals surface area contributed by atoms with Gasteiger partial charge in [-0.3, -0.25) is 9.67 Å². The average molecular weight is 649 g/mol. The molecule has 0 radical (unpaired) electrons. The molecular formula is C37H37FN6O4. The van der Waals surface area contributed by atoms with Gasteiger partial charge in [-0.2, -0.15) is 5.10 Å². The third kappa shape index (κ3) is 5.28. The van der Waals surface area contributed by atoms with E-state index in [1.54, 1.807) is 30.2 Å². The van der Waals surface area contributed by atoms with Crippen LogP contribution in [0.15, 0.2) is 48.9 Å². The molecule has 6 heterocycles. The number of pyridine rings is 3. The minimum absolute atomic E-state index is 0.267. The summed E-state index contributed by atoms with van der Waals surface area (Å²) >= 11 is 0. The van der Waals surface area contributed by atoms with Gasteiger partial charge in [0.1, 0.15) is 5.65 Å². The van der Waals surface area contributed by atoms with Crippen LogP contribution in [0.3, 0.4) is 0 Å². The third-order valence-corrected chi connectivity index (χ3v) is 8.99. The van der Waals surface area contributed by atoms with Crippen molar-refractivity contribution >= 4 is 28.0 Å². The molecule has 0 saturated carbocycles. The zero-order chi connectivity index (χ0) is 34.1. The number of fused-ring (bicyclic) bond motifs is 3. The van der Waals surface area contributed by atoms with Gasteiger partial charge in [0.15, 0.2) is 23.3 Å². The molecule has 5 aromatic heterocycles. The van der Waals surface area contributed by atoms with Crippen LogP contribution in [0, 0.1) is 19.7 Å². The second-order valence-electron chi connectivity index (χ2n) is 13.4. The molecule has 1 atom stereocenters. The van der Waals surface area contributed by atoms with E-state index < -0.39 is 23.5 Å². The van der Waals surface area contributed by atoms with E-state index in [2.05, 4.69) is 15.1 Å². The van der Waals surface area contributed by atoms with E-state index >= 15 is 4.39 Å². The highest BCUT2D eigenvalue weighted by Gasteiger charge is 2.34. The quantitative estimate of drug-likeness (QED) is 0.200. The van der Waals surface area contributed by atoms with E-state index in [-0.39, 0.29) is 5.75 Å². The number of halogens is 1. The fraction of sp³-hybridized carbons (Fsp3) is 0.324. The first-order chi connectivity index (χ1) is 22.8. The summed E-state index contributed by atoms with van der Waals surface area (Å²) in [6.07, 6.45) is 5.39. The Bertz CT molecular complexity index is 2260. The van der Waals surface area contributed by atoms with Crippen molar-refractivity contribution in [2.45, 2.75) is 59.2 Å². The van der Waals surface area contributed by atoms with Crippen molar-refractivity contribution in [2.24, 2.45) is 14.1 Å². The maximum Gasteiger partial charge on any atom is 0.337 e. The highest BCUT2D eigenvalue weighted by Crippen LogP contribution is 2.45. The van der Waals surface area contributed by atoms with E-state index in [9.17, 15) is 9.90 Å². The smallest absolute Gasteiger partial charge is 0.337 e. The molecule has 0 bridgehead atoms. The van der Waals surface area contributed by atoms with Gasteiger partial charge in [0.2, 0.25) is 0 Å². The zero-order valence-corrected chi connectivity index (χ0v) is 28.1. The van der Waals surface area contributed by atoms with Crippen LogP contribution in [-0.2, 0) is 30.0 Å². The number of carboxylic acids is 1. The predicted molar refractivity (Wildman–Crippen MR) is 181 cm³/mol. The summed E-state index contributed by atoms with van der Waals surface area (Å²) in [5.41, 5.74) is 7.61. The Morgan fingerprint density at radius 1 is 1.06 bits per heavy atom. The van der Waals surface area contributed by atoms with Gasteiger partial charge in [0.05, 0.1) is 29.8 Å².